The van der Waals surface area contributed by atoms with Crippen molar-refractivity contribution in [3.8, 4) is 0 Å². The average molecular weight is 337 g/mol. The predicted octanol–water partition coefficient (Wildman–Crippen LogP) is 3.71. The van der Waals surface area contributed by atoms with Crippen LogP contribution in [0.5, 0.6) is 0 Å². The van der Waals surface area contributed by atoms with Gasteiger partial charge in [0.2, 0.25) is 0 Å². The molecule has 1 heterocycles. The molecule has 2 aromatic rings. The van der Waals surface area contributed by atoms with E-state index in [4.69, 9.17) is 0 Å². The van der Waals surface area contributed by atoms with Gasteiger partial charge in [0.05, 0.1) is 6.04 Å². The number of nitrogens with zero attached hydrogens (tertiary/aromatic N) is 1. The van der Waals surface area contributed by atoms with Crippen molar-refractivity contribution < 1.29 is 4.79 Å². The molecule has 1 saturated heterocycles. The zero-order chi connectivity index (χ0) is 17.5. The molecule has 1 aliphatic heterocycles. The van der Waals surface area contributed by atoms with Crippen LogP contribution in [0.3, 0.4) is 0 Å². The number of carbonyl (C=O) groups is 1. The van der Waals surface area contributed by atoms with Gasteiger partial charge in [0.25, 0.3) is 0 Å². The lowest BCUT2D eigenvalue weighted by atomic mass is 9.99. The van der Waals surface area contributed by atoms with Crippen LogP contribution in [0.15, 0.2) is 60.7 Å². The van der Waals surface area contributed by atoms with E-state index in [0.717, 1.165) is 18.7 Å². The van der Waals surface area contributed by atoms with Gasteiger partial charge in [-0.25, -0.2) is 4.79 Å². The average Bonchev–Trinajstić information content (AvgIpc) is 3.16. The van der Waals surface area contributed by atoms with Crippen molar-refractivity contribution in [1.82, 2.24) is 15.5 Å². The summed E-state index contributed by atoms with van der Waals surface area (Å²) in [5, 5.41) is 6.09. The first kappa shape index (κ1) is 17.5. The molecule has 0 aliphatic carbocycles. The monoisotopic (exact) mass is 337 g/mol. The van der Waals surface area contributed by atoms with Crippen LogP contribution in [-0.2, 0) is 6.54 Å². The van der Waals surface area contributed by atoms with Crippen molar-refractivity contribution >= 4 is 6.03 Å². The molecule has 2 N–H and O–H groups in total. The Hall–Kier alpha value is -2.33. The Morgan fingerprint density at radius 1 is 1.00 bits per heavy atom. The summed E-state index contributed by atoms with van der Waals surface area (Å²) in [6.45, 7) is 4.83. The summed E-state index contributed by atoms with van der Waals surface area (Å²) in [5.74, 6) is 0. The number of benzene rings is 2. The van der Waals surface area contributed by atoms with E-state index in [2.05, 4.69) is 46.7 Å². The quantitative estimate of drug-likeness (QED) is 0.844. The van der Waals surface area contributed by atoms with Crippen LogP contribution in [0.2, 0.25) is 0 Å². The molecule has 0 radical (unpaired) electrons. The van der Waals surface area contributed by atoms with Gasteiger partial charge in [-0.3, -0.25) is 4.90 Å². The maximum Gasteiger partial charge on any atom is 0.315 e. The number of hydrogen-bond acceptors (Lipinski definition) is 2. The third-order valence-corrected chi connectivity index (χ3v) is 4.80. The fraction of sp³-hybridized carbons (Fsp3) is 0.381. The highest BCUT2D eigenvalue weighted by Gasteiger charge is 2.29. The highest BCUT2D eigenvalue weighted by Crippen LogP contribution is 2.28. The van der Waals surface area contributed by atoms with Gasteiger partial charge in [0.15, 0.2) is 0 Å². The van der Waals surface area contributed by atoms with Gasteiger partial charge in [-0.2, -0.15) is 0 Å². The molecule has 0 bridgehead atoms. The van der Waals surface area contributed by atoms with Crippen molar-refractivity contribution in [3.63, 3.8) is 0 Å². The zero-order valence-electron chi connectivity index (χ0n) is 14.8. The molecule has 4 nitrogen and oxygen atoms in total. The highest BCUT2D eigenvalue weighted by molar-refractivity contribution is 5.74. The summed E-state index contributed by atoms with van der Waals surface area (Å²) in [7, 11) is 0. The summed E-state index contributed by atoms with van der Waals surface area (Å²) < 4.78 is 0. The molecule has 0 spiro atoms. The van der Waals surface area contributed by atoms with Crippen molar-refractivity contribution in [1.29, 1.82) is 0 Å². The number of hydrogen-bond donors (Lipinski definition) is 2. The largest absolute Gasteiger partial charge is 0.334 e. The fourth-order valence-electron chi connectivity index (χ4n) is 3.60. The van der Waals surface area contributed by atoms with Gasteiger partial charge >= 0.3 is 6.03 Å². The van der Waals surface area contributed by atoms with E-state index in [0.29, 0.717) is 6.54 Å². The lowest BCUT2D eigenvalue weighted by Crippen LogP contribution is -2.47. The third kappa shape index (κ3) is 4.83. The molecule has 1 fully saturated rings. The first-order valence-corrected chi connectivity index (χ1v) is 9.11. The summed E-state index contributed by atoms with van der Waals surface area (Å²) in [4.78, 5) is 14.8. The fourth-order valence-corrected chi connectivity index (χ4v) is 3.60. The molecule has 0 unspecified atom stereocenters. The summed E-state index contributed by atoms with van der Waals surface area (Å²) in [6.07, 6.45) is 2.46. The van der Waals surface area contributed by atoms with Crippen molar-refractivity contribution in [2.45, 2.75) is 38.4 Å². The number of likely N-dealkylation sites (tertiary alicyclic amines) is 1. The SMILES string of the molecule is C[C@H](NC(=O)NCc1ccccc1)[C@H](c1ccccc1)N1CCCC1. The van der Waals surface area contributed by atoms with Crippen LogP contribution in [0.25, 0.3) is 0 Å². The molecule has 2 aromatic carbocycles. The topological polar surface area (TPSA) is 44.4 Å². The van der Waals surface area contributed by atoms with Crippen LogP contribution >= 0.6 is 0 Å². The van der Waals surface area contributed by atoms with Gasteiger partial charge in [0, 0.05) is 12.6 Å². The number of rotatable bonds is 6. The van der Waals surface area contributed by atoms with E-state index in [1.54, 1.807) is 0 Å². The third-order valence-electron chi connectivity index (χ3n) is 4.80. The molecule has 0 saturated carbocycles. The molecule has 2 amide bonds. The van der Waals surface area contributed by atoms with Crippen LogP contribution in [0, 0.1) is 0 Å². The van der Waals surface area contributed by atoms with Crippen molar-refractivity contribution in [2.75, 3.05) is 13.1 Å². The molecule has 3 rings (SSSR count). The van der Waals surface area contributed by atoms with Gasteiger partial charge in [-0.05, 0) is 44.0 Å². The lowest BCUT2D eigenvalue weighted by molar-refractivity contribution is 0.193. The molecule has 132 valence electrons. The van der Waals surface area contributed by atoms with Gasteiger partial charge in [-0.1, -0.05) is 60.7 Å². The number of carbonyl (C=O) groups excluding carboxylic acids is 1. The van der Waals surface area contributed by atoms with Crippen LogP contribution < -0.4 is 10.6 Å². The highest BCUT2D eigenvalue weighted by atomic mass is 16.2. The number of nitrogens with one attached hydrogen (secondary N) is 2. The maximum absolute atomic E-state index is 12.3. The van der Waals surface area contributed by atoms with Gasteiger partial charge in [-0.15, -0.1) is 0 Å². The van der Waals surface area contributed by atoms with Gasteiger partial charge < -0.3 is 10.6 Å². The zero-order valence-corrected chi connectivity index (χ0v) is 14.8. The second-order valence-corrected chi connectivity index (χ2v) is 6.70. The molecule has 4 heteroatoms. The first-order chi connectivity index (χ1) is 12.2. The molecule has 1 aliphatic rings. The normalized spacial score (nSPS) is 17.0. The van der Waals surface area contributed by atoms with Crippen LogP contribution in [0.1, 0.15) is 36.9 Å². The molecular weight excluding hydrogens is 310 g/mol. The summed E-state index contributed by atoms with van der Waals surface area (Å²) >= 11 is 0. The Morgan fingerprint density at radius 3 is 2.24 bits per heavy atom. The molecule has 2 atom stereocenters. The second kappa shape index (κ2) is 8.67. The van der Waals surface area contributed by atoms with E-state index in [1.807, 2.05) is 36.4 Å². The van der Waals surface area contributed by atoms with E-state index in [-0.39, 0.29) is 18.1 Å². The summed E-state index contributed by atoms with van der Waals surface area (Å²) in [5.41, 5.74) is 2.37. The van der Waals surface area contributed by atoms with Crippen LogP contribution in [0.4, 0.5) is 4.79 Å². The Labute approximate surface area is 150 Å². The van der Waals surface area contributed by atoms with E-state index >= 15 is 0 Å². The Kier molecular flexibility index (Phi) is 6.07. The Balaban J connectivity index is 1.61. The van der Waals surface area contributed by atoms with Gasteiger partial charge in [0.1, 0.15) is 0 Å². The van der Waals surface area contributed by atoms with Crippen molar-refractivity contribution in [3.05, 3.63) is 71.8 Å². The minimum absolute atomic E-state index is 0.0382. The van der Waals surface area contributed by atoms with Crippen LogP contribution in [-0.4, -0.2) is 30.1 Å². The smallest absolute Gasteiger partial charge is 0.315 e. The second-order valence-electron chi connectivity index (χ2n) is 6.70. The Morgan fingerprint density at radius 2 is 1.60 bits per heavy atom. The first-order valence-electron chi connectivity index (χ1n) is 9.11. The van der Waals surface area contributed by atoms with E-state index < -0.39 is 0 Å². The minimum Gasteiger partial charge on any atom is -0.334 e. The molecule has 25 heavy (non-hydrogen) atoms. The molecule has 0 aromatic heterocycles. The van der Waals surface area contributed by atoms with E-state index in [1.165, 1.54) is 18.4 Å². The predicted molar refractivity (Wildman–Crippen MR) is 101 cm³/mol. The summed E-state index contributed by atoms with van der Waals surface area (Å²) in [6, 6.07) is 20.6. The maximum atomic E-state index is 12.3. The standard InChI is InChI=1S/C21H27N3O/c1-17(23-21(25)22-16-18-10-4-2-5-11-18)20(24-14-8-9-15-24)19-12-6-3-7-13-19/h2-7,10-13,17,20H,8-9,14-16H2,1H3,(H2,22,23,25)/t17-,20+/m0/s1. The van der Waals surface area contributed by atoms with Crippen molar-refractivity contribution in [2.24, 2.45) is 0 Å². The molecular formula is C21H27N3O. The lowest BCUT2D eigenvalue weighted by Gasteiger charge is -2.33. The van der Waals surface area contributed by atoms with E-state index in [9.17, 15) is 4.79 Å². The Bertz CT molecular complexity index is 653. The number of urea groups is 1. The minimum atomic E-state index is -0.114. The number of amides is 2.